The molecule has 0 N–H and O–H groups in total. The zero-order valence-corrected chi connectivity index (χ0v) is 10.2. The van der Waals surface area contributed by atoms with Gasteiger partial charge in [-0.1, -0.05) is 0 Å². The maximum absolute atomic E-state index is 11.1. The van der Waals surface area contributed by atoms with Crippen LogP contribution in [0.5, 0.6) is 11.5 Å². The highest BCUT2D eigenvalue weighted by Crippen LogP contribution is 2.29. The van der Waals surface area contributed by atoms with E-state index >= 15 is 0 Å². The van der Waals surface area contributed by atoms with Crippen molar-refractivity contribution in [2.24, 2.45) is 0 Å². The van der Waals surface area contributed by atoms with Crippen molar-refractivity contribution >= 4 is 5.78 Å². The second kappa shape index (κ2) is 5.90. The fourth-order valence-electron chi connectivity index (χ4n) is 1.22. The maximum Gasteiger partial charge on any atom is 0.169 e. The molecule has 0 fully saturated rings. The Hall–Kier alpha value is -2.02. The van der Waals surface area contributed by atoms with Crippen molar-refractivity contribution in [3.8, 4) is 17.6 Å². The number of hydrogen-bond donors (Lipinski definition) is 0. The molecule has 0 aliphatic carbocycles. The third-order valence-electron chi connectivity index (χ3n) is 2.25. The number of nitrogens with zero attached hydrogens (tertiary/aromatic N) is 1. The van der Waals surface area contributed by atoms with Gasteiger partial charge in [-0.05, 0) is 32.9 Å². The molecule has 0 radical (unpaired) electrons. The number of Topliss-reactive ketones (excluding diaryl/α,β-unsaturated/α-hetero) is 1. The van der Waals surface area contributed by atoms with E-state index in [4.69, 9.17) is 14.7 Å². The predicted molar refractivity (Wildman–Crippen MR) is 63.1 cm³/mol. The number of benzene rings is 1. The van der Waals surface area contributed by atoms with E-state index in [1.807, 2.05) is 13.0 Å². The number of nitriles is 1. The standard InChI is InChI=1S/C13H15NO3/c1-4-16-13-7-11(8-14)5-6-12(13)17-10(3)9(2)15/h5-7,10H,4H2,1-3H3/t10-/m1/s1. The van der Waals surface area contributed by atoms with Crippen LogP contribution in [-0.4, -0.2) is 18.5 Å². The second-order valence-electron chi connectivity index (χ2n) is 3.58. The largest absolute Gasteiger partial charge is 0.490 e. The van der Waals surface area contributed by atoms with Crippen molar-refractivity contribution in [1.29, 1.82) is 5.26 Å². The van der Waals surface area contributed by atoms with E-state index in [-0.39, 0.29) is 5.78 Å². The number of ketones is 1. The lowest BCUT2D eigenvalue weighted by molar-refractivity contribution is -0.122. The summed E-state index contributed by atoms with van der Waals surface area (Å²) in [6, 6.07) is 6.90. The van der Waals surface area contributed by atoms with Crippen LogP contribution in [0.2, 0.25) is 0 Å². The van der Waals surface area contributed by atoms with Crippen LogP contribution in [0.1, 0.15) is 26.3 Å². The molecule has 1 atom stereocenters. The van der Waals surface area contributed by atoms with E-state index in [1.165, 1.54) is 6.92 Å². The molecule has 1 aromatic rings. The summed E-state index contributed by atoms with van der Waals surface area (Å²) in [6.45, 7) is 5.46. The van der Waals surface area contributed by atoms with Crippen LogP contribution >= 0.6 is 0 Å². The Balaban J connectivity index is 2.98. The minimum atomic E-state index is -0.526. The zero-order valence-electron chi connectivity index (χ0n) is 10.2. The molecule has 1 aromatic carbocycles. The topological polar surface area (TPSA) is 59.3 Å². The number of rotatable bonds is 5. The fourth-order valence-corrected chi connectivity index (χ4v) is 1.22. The van der Waals surface area contributed by atoms with Gasteiger partial charge in [0, 0.05) is 6.07 Å². The smallest absolute Gasteiger partial charge is 0.169 e. The van der Waals surface area contributed by atoms with Crippen molar-refractivity contribution in [3.05, 3.63) is 23.8 Å². The SMILES string of the molecule is CCOc1cc(C#N)ccc1O[C@H](C)C(C)=O. The average molecular weight is 233 g/mol. The van der Waals surface area contributed by atoms with Crippen molar-refractivity contribution in [2.45, 2.75) is 26.9 Å². The van der Waals surface area contributed by atoms with Gasteiger partial charge in [0.05, 0.1) is 18.2 Å². The Labute approximate surface area is 101 Å². The highest BCUT2D eigenvalue weighted by molar-refractivity contribution is 5.80. The summed E-state index contributed by atoms with van der Waals surface area (Å²) >= 11 is 0. The molecular weight excluding hydrogens is 218 g/mol. The molecule has 0 unspecified atom stereocenters. The Kier molecular flexibility index (Phi) is 4.53. The quantitative estimate of drug-likeness (QED) is 0.783. The lowest BCUT2D eigenvalue weighted by atomic mass is 10.2. The molecule has 4 nitrogen and oxygen atoms in total. The van der Waals surface area contributed by atoms with E-state index in [1.54, 1.807) is 25.1 Å². The molecule has 0 spiro atoms. The Bertz CT molecular complexity index is 448. The number of carbonyl (C=O) groups excluding carboxylic acids is 1. The monoisotopic (exact) mass is 233 g/mol. The minimum Gasteiger partial charge on any atom is -0.490 e. The van der Waals surface area contributed by atoms with Gasteiger partial charge < -0.3 is 9.47 Å². The van der Waals surface area contributed by atoms with E-state index in [0.29, 0.717) is 23.7 Å². The van der Waals surface area contributed by atoms with Crippen molar-refractivity contribution in [2.75, 3.05) is 6.61 Å². The normalized spacial score (nSPS) is 11.4. The highest BCUT2D eigenvalue weighted by Gasteiger charge is 2.13. The van der Waals surface area contributed by atoms with Crippen molar-refractivity contribution in [1.82, 2.24) is 0 Å². The molecule has 4 heteroatoms. The van der Waals surface area contributed by atoms with Gasteiger partial charge in [0.1, 0.15) is 0 Å². The van der Waals surface area contributed by atoms with Crippen LogP contribution in [0.4, 0.5) is 0 Å². The summed E-state index contributed by atoms with van der Waals surface area (Å²) in [6.07, 6.45) is -0.526. The first kappa shape index (κ1) is 13.0. The number of ether oxygens (including phenoxy) is 2. The number of hydrogen-bond acceptors (Lipinski definition) is 4. The Morgan fingerprint density at radius 1 is 1.47 bits per heavy atom. The summed E-state index contributed by atoms with van der Waals surface area (Å²) in [5, 5.41) is 8.79. The molecule has 0 aliphatic rings. The third kappa shape index (κ3) is 3.49. The van der Waals surface area contributed by atoms with Gasteiger partial charge in [-0.3, -0.25) is 4.79 Å². The first-order valence-corrected chi connectivity index (χ1v) is 5.42. The van der Waals surface area contributed by atoms with Gasteiger partial charge in [-0.25, -0.2) is 0 Å². The summed E-state index contributed by atoms with van der Waals surface area (Å²) in [5.74, 6) is 0.907. The van der Waals surface area contributed by atoms with Gasteiger partial charge in [0.2, 0.25) is 0 Å². The molecule has 0 saturated heterocycles. The summed E-state index contributed by atoms with van der Waals surface area (Å²) in [4.78, 5) is 11.1. The maximum atomic E-state index is 11.1. The van der Waals surface area contributed by atoms with Crippen LogP contribution in [0.15, 0.2) is 18.2 Å². The molecule has 0 bridgehead atoms. The zero-order chi connectivity index (χ0) is 12.8. The lowest BCUT2D eigenvalue weighted by Crippen LogP contribution is -2.21. The van der Waals surface area contributed by atoms with Crippen LogP contribution < -0.4 is 9.47 Å². The van der Waals surface area contributed by atoms with Crippen LogP contribution in [0, 0.1) is 11.3 Å². The van der Waals surface area contributed by atoms with Gasteiger partial charge in [-0.2, -0.15) is 5.26 Å². The number of carbonyl (C=O) groups is 1. The summed E-state index contributed by atoms with van der Waals surface area (Å²) in [5.41, 5.74) is 0.497. The summed E-state index contributed by atoms with van der Waals surface area (Å²) in [7, 11) is 0. The molecule has 90 valence electrons. The molecule has 0 aliphatic heterocycles. The molecule has 0 aromatic heterocycles. The molecule has 0 heterocycles. The third-order valence-corrected chi connectivity index (χ3v) is 2.25. The van der Waals surface area contributed by atoms with Crippen molar-refractivity contribution in [3.63, 3.8) is 0 Å². The van der Waals surface area contributed by atoms with E-state index in [2.05, 4.69) is 0 Å². The van der Waals surface area contributed by atoms with E-state index < -0.39 is 6.10 Å². The molecule has 0 amide bonds. The minimum absolute atomic E-state index is 0.0585. The van der Waals surface area contributed by atoms with Gasteiger partial charge in [0.15, 0.2) is 23.4 Å². The first-order valence-electron chi connectivity index (χ1n) is 5.42. The van der Waals surface area contributed by atoms with Gasteiger partial charge >= 0.3 is 0 Å². The summed E-state index contributed by atoms with van der Waals surface area (Å²) < 4.78 is 10.8. The molecule has 0 saturated carbocycles. The molecule has 1 rings (SSSR count). The van der Waals surface area contributed by atoms with Crippen LogP contribution in [-0.2, 0) is 4.79 Å². The van der Waals surface area contributed by atoms with Gasteiger partial charge in [-0.15, -0.1) is 0 Å². The van der Waals surface area contributed by atoms with Crippen molar-refractivity contribution < 1.29 is 14.3 Å². The van der Waals surface area contributed by atoms with Crippen LogP contribution in [0.25, 0.3) is 0 Å². The van der Waals surface area contributed by atoms with E-state index in [0.717, 1.165) is 0 Å². The lowest BCUT2D eigenvalue weighted by Gasteiger charge is -2.15. The molecular formula is C13H15NO3. The first-order chi connectivity index (χ1) is 8.08. The average Bonchev–Trinajstić information content (AvgIpc) is 2.31. The highest BCUT2D eigenvalue weighted by atomic mass is 16.5. The predicted octanol–water partition coefficient (Wildman–Crippen LogP) is 2.31. The van der Waals surface area contributed by atoms with E-state index in [9.17, 15) is 4.79 Å². The van der Waals surface area contributed by atoms with Gasteiger partial charge in [0.25, 0.3) is 0 Å². The Morgan fingerprint density at radius 3 is 2.71 bits per heavy atom. The fraction of sp³-hybridized carbons (Fsp3) is 0.385. The van der Waals surface area contributed by atoms with Crippen LogP contribution in [0.3, 0.4) is 0 Å². The molecule has 17 heavy (non-hydrogen) atoms. The second-order valence-corrected chi connectivity index (χ2v) is 3.58. The Morgan fingerprint density at radius 2 is 2.18 bits per heavy atom.